The van der Waals surface area contributed by atoms with Gasteiger partial charge < -0.3 is 15.5 Å². The van der Waals surface area contributed by atoms with Gasteiger partial charge in [0, 0.05) is 6.42 Å². The number of aliphatic carboxylic acids is 1. The molecule has 8 heteroatoms. The second-order valence-electron chi connectivity index (χ2n) is 4.65. The van der Waals surface area contributed by atoms with E-state index in [-0.39, 0.29) is 11.3 Å². The van der Waals surface area contributed by atoms with Crippen LogP contribution in [-0.4, -0.2) is 34.3 Å². The number of rotatable bonds is 4. The molecule has 3 N–H and O–H groups in total. The Morgan fingerprint density at radius 3 is 2.29 bits per heavy atom. The molecule has 0 bridgehead atoms. The van der Waals surface area contributed by atoms with Crippen molar-refractivity contribution in [3.8, 4) is 5.75 Å². The molecular formula is C13H14F3NO4. The number of carboxylic acids is 1. The summed E-state index contributed by atoms with van der Waals surface area (Å²) in [5.74, 6) is -4.17. The zero-order valence-electron chi connectivity index (χ0n) is 11.3. The molecule has 0 saturated heterocycles. The van der Waals surface area contributed by atoms with Gasteiger partial charge in [-0.3, -0.25) is 4.79 Å². The Hall–Kier alpha value is -2.25. The Morgan fingerprint density at radius 2 is 1.86 bits per heavy atom. The Morgan fingerprint density at radius 1 is 1.29 bits per heavy atom. The Kier molecular flexibility index (Phi) is 4.82. The molecule has 116 valence electrons. The van der Waals surface area contributed by atoms with Crippen LogP contribution in [-0.2, 0) is 16.0 Å². The number of phenols is 1. The number of nitrogens with one attached hydrogen (secondary N) is 1. The van der Waals surface area contributed by atoms with Crippen molar-refractivity contribution in [2.45, 2.75) is 32.5 Å². The van der Waals surface area contributed by atoms with Crippen LogP contribution in [0.25, 0.3) is 0 Å². The molecule has 0 heterocycles. The first-order valence-corrected chi connectivity index (χ1v) is 5.92. The molecule has 0 aliphatic rings. The fourth-order valence-electron chi connectivity index (χ4n) is 1.88. The minimum Gasteiger partial charge on any atom is -0.508 e. The molecule has 0 radical (unpaired) electrons. The fourth-order valence-corrected chi connectivity index (χ4v) is 1.88. The van der Waals surface area contributed by atoms with Crippen LogP contribution >= 0.6 is 0 Å². The summed E-state index contributed by atoms with van der Waals surface area (Å²) in [6.07, 6.45) is -5.62. The molecule has 1 aromatic rings. The van der Waals surface area contributed by atoms with Crippen LogP contribution in [0.3, 0.4) is 0 Å². The van der Waals surface area contributed by atoms with Crippen molar-refractivity contribution in [1.29, 1.82) is 0 Å². The summed E-state index contributed by atoms with van der Waals surface area (Å²) in [6.45, 7) is 3.29. The molecule has 1 unspecified atom stereocenters. The van der Waals surface area contributed by atoms with Gasteiger partial charge in [0.05, 0.1) is 0 Å². The second-order valence-corrected chi connectivity index (χ2v) is 4.65. The number of benzene rings is 1. The lowest BCUT2D eigenvalue weighted by molar-refractivity contribution is -0.175. The molecule has 1 amide bonds. The summed E-state index contributed by atoms with van der Waals surface area (Å²) in [4.78, 5) is 21.8. The lowest BCUT2D eigenvalue weighted by atomic mass is 9.98. The zero-order valence-corrected chi connectivity index (χ0v) is 11.3. The van der Waals surface area contributed by atoms with Crippen molar-refractivity contribution in [3.05, 3.63) is 28.8 Å². The van der Waals surface area contributed by atoms with E-state index in [1.165, 1.54) is 11.4 Å². The summed E-state index contributed by atoms with van der Waals surface area (Å²) in [7, 11) is 0. The van der Waals surface area contributed by atoms with E-state index in [0.717, 1.165) is 5.56 Å². The molecule has 0 aliphatic carbocycles. The monoisotopic (exact) mass is 305 g/mol. The molecular weight excluding hydrogens is 291 g/mol. The summed E-state index contributed by atoms with van der Waals surface area (Å²) in [6, 6.07) is 1.23. The van der Waals surface area contributed by atoms with E-state index in [0.29, 0.717) is 5.56 Å². The molecule has 5 nitrogen and oxygen atoms in total. The highest BCUT2D eigenvalue weighted by Crippen LogP contribution is 2.25. The van der Waals surface area contributed by atoms with E-state index in [4.69, 9.17) is 5.11 Å². The van der Waals surface area contributed by atoms with Crippen LogP contribution in [0.2, 0.25) is 0 Å². The third-order valence-electron chi connectivity index (χ3n) is 2.86. The number of amides is 1. The highest BCUT2D eigenvalue weighted by atomic mass is 19.4. The predicted octanol–water partition coefficient (Wildman–Crippen LogP) is 1.68. The lowest BCUT2D eigenvalue weighted by Gasteiger charge is -2.18. The maximum Gasteiger partial charge on any atom is 0.471 e. The van der Waals surface area contributed by atoms with Crippen molar-refractivity contribution < 1.29 is 33.0 Å². The van der Waals surface area contributed by atoms with E-state index in [1.54, 1.807) is 19.9 Å². The highest BCUT2D eigenvalue weighted by Gasteiger charge is 2.41. The largest absolute Gasteiger partial charge is 0.508 e. The van der Waals surface area contributed by atoms with Gasteiger partial charge >= 0.3 is 18.1 Å². The highest BCUT2D eigenvalue weighted by molar-refractivity contribution is 5.87. The van der Waals surface area contributed by atoms with E-state index < -0.39 is 30.5 Å². The minimum absolute atomic E-state index is 0.176. The molecule has 21 heavy (non-hydrogen) atoms. The molecule has 0 spiro atoms. The number of hydrogen-bond acceptors (Lipinski definition) is 3. The number of carboxylic acid groups (broad SMARTS) is 1. The van der Waals surface area contributed by atoms with Crippen LogP contribution < -0.4 is 5.32 Å². The Labute approximate surface area is 118 Å². The van der Waals surface area contributed by atoms with E-state index in [1.807, 2.05) is 0 Å². The van der Waals surface area contributed by atoms with Crippen LogP contribution in [0.4, 0.5) is 13.2 Å². The van der Waals surface area contributed by atoms with E-state index in [2.05, 4.69) is 0 Å². The molecule has 1 atom stereocenters. The number of hydrogen-bond donors (Lipinski definition) is 3. The molecule has 0 aromatic heterocycles. The van der Waals surface area contributed by atoms with Gasteiger partial charge in [0.1, 0.15) is 11.8 Å². The predicted molar refractivity (Wildman–Crippen MR) is 66.9 cm³/mol. The van der Waals surface area contributed by atoms with Gasteiger partial charge in [-0.1, -0.05) is 6.07 Å². The van der Waals surface area contributed by atoms with E-state index >= 15 is 0 Å². The minimum atomic E-state index is -5.17. The third-order valence-corrected chi connectivity index (χ3v) is 2.86. The van der Waals surface area contributed by atoms with Crippen molar-refractivity contribution >= 4 is 11.9 Å². The standard InChI is InChI=1S/C13H14F3NO4/c1-6-3-7(2)8(10(18)4-6)5-9(11(19)20)17-12(21)13(14,15)16/h3-4,9,18H,5H2,1-2H3,(H,17,21)(H,19,20). The summed E-state index contributed by atoms with van der Waals surface area (Å²) in [5, 5.41) is 20.1. The van der Waals surface area contributed by atoms with Gasteiger partial charge in [0.25, 0.3) is 0 Å². The second kappa shape index (κ2) is 6.02. The normalized spacial score (nSPS) is 12.8. The van der Waals surface area contributed by atoms with Gasteiger partial charge in [-0.2, -0.15) is 13.2 Å². The smallest absolute Gasteiger partial charge is 0.471 e. The molecule has 0 fully saturated rings. The van der Waals surface area contributed by atoms with Crippen molar-refractivity contribution in [2.75, 3.05) is 0 Å². The van der Waals surface area contributed by atoms with Crippen molar-refractivity contribution in [2.24, 2.45) is 0 Å². The Balaban J connectivity index is 3.00. The third kappa shape index (κ3) is 4.37. The summed E-state index contributed by atoms with van der Waals surface area (Å²) < 4.78 is 36.5. The topological polar surface area (TPSA) is 86.6 Å². The molecule has 1 rings (SSSR count). The van der Waals surface area contributed by atoms with Gasteiger partial charge in [0.2, 0.25) is 0 Å². The number of aromatic hydroxyl groups is 1. The number of carbonyl (C=O) groups is 2. The summed E-state index contributed by atoms with van der Waals surface area (Å²) in [5.41, 5.74) is 1.43. The fraction of sp³-hybridized carbons (Fsp3) is 0.385. The quantitative estimate of drug-likeness (QED) is 0.790. The van der Waals surface area contributed by atoms with Gasteiger partial charge in [-0.25, -0.2) is 4.79 Å². The summed E-state index contributed by atoms with van der Waals surface area (Å²) >= 11 is 0. The number of phenolic OH excluding ortho intramolecular Hbond substituents is 1. The van der Waals surface area contributed by atoms with Gasteiger partial charge in [0.15, 0.2) is 0 Å². The Bertz CT molecular complexity index is 546. The average molecular weight is 305 g/mol. The van der Waals surface area contributed by atoms with Gasteiger partial charge in [-0.05, 0) is 36.6 Å². The number of aryl methyl sites for hydroxylation is 2. The van der Waals surface area contributed by atoms with Crippen LogP contribution in [0.15, 0.2) is 12.1 Å². The number of halogens is 3. The molecule has 1 aromatic carbocycles. The van der Waals surface area contributed by atoms with Crippen LogP contribution in [0.1, 0.15) is 16.7 Å². The lowest BCUT2D eigenvalue weighted by Crippen LogP contribution is -2.48. The van der Waals surface area contributed by atoms with Crippen molar-refractivity contribution in [1.82, 2.24) is 5.32 Å². The van der Waals surface area contributed by atoms with Crippen LogP contribution in [0.5, 0.6) is 5.75 Å². The SMILES string of the molecule is Cc1cc(C)c(CC(NC(=O)C(F)(F)F)C(=O)O)c(O)c1. The average Bonchev–Trinajstić information content (AvgIpc) is 2.30. The van der Waals surface area contributed by atoms with Crippen molar-refractivity contribution in [3.63, 3.8) is 0 Å². The molecule has 0 aliphatic heterocycles. The van der Waals surface area contributed by atoms with Gasteiger partial charge in [-0.15, -0.1) is 0 Å². The zero-order chi connectivity index (χ0) is 16.4. The maximum absolute atomic E-state index is 12.2. The number of carbonyl (C=O) groups excluding carboxylic acids is 1. The first-order chi connectivity index (χ1) is 9.52. The molecule has 0 saturated carbocycles. The maximum atomic E-state index is 12.2. The first-order valence-electron chi connectivity index (χ1n) is 5.92. The van der Waals surface area contributed by atoms with Crippen LogP contribution in [0, 0.1) is 13.8 Å². The number of alkyl halides is 3. The first kappa shape index (κ1) is 16.8. The van der Waals surface area contributed by atoms with E-state index in [9.17, 15) is 27.9 Å².